The Morgan fingerprint density at radius 1 is 0.760 bits per heavy atom. The van der Waals surface area contributed by atoms with Gasteiger partial charge in [-0.05, 0) is 59.3 Å². The molecular weight excluding hydrogens is 867 g/mol. The zero-order chi connectivity index (χ0) is 35.0. The average Bonchev–Trinajstić information content (AvgIpc) is 3.51. The first-order valence-corrected chi connectivity index (χ1v) is 24.8. The molecule has 1 unspecified atom stereocenters. The van der Waals surface area contributed by atoms with Crippen LogP contribution in [0.3, 0.4) is 0 Å². The van der Waals surface area contributed by atoms with Crippen LogP contribution in [0.5, 0.6) is 0 Å². The minimum atomic E-state index is -1.72. The molecule has 6 heteroatoms. The molecule has 1 radical (unpaired) electrons. The first-order chi connectivity index (χ1) is 24.0. The van der Waals surface area contributed by atoms with Crippen LogP contribution in [-0.4, -0.2) is 28.2 Å². The maximum absolute atomic E-state index is 9.21. The van der Waals surface area contributed by atoms with Gasteiger partial charge in [0.25, 0.3) is 0 Å². The fourth-order valence-electron chi connectivity index (χ4n) is 6.24. The Bertz CT molecular complexity index is 2470. The van der Waals surface area contributed by atoms with Crippen molar-refractivity contribution >= 4 is 59.9 Å². The van der Waals surface area contributed by atoms with Gasteiger partial charge in [-0.3, -0.25) is 9.97 Å². The van der Waals surface area contributed by atoms with E-state index >= 15 is 0 Å². The van der Waals surface area contributed by atoms with Crippen LogP contribution in [0.4, 0.5) is 0 Å². The Kier molecular flexibility index (Phi) is 10.4. The molecule has 0 saturated carbocycles. The van der Waals surface area contributed by atoms with E-state index in [2.05, 4.69) is 107 Å². The van der Waals surface area contributed by atoms with Crippen LogP contribution in [0, 0.1) is 26.0 Å². The molecule has 8 rings (SSSR count). The van der Waals surface area contributed by atoms with Gasteiger partial charge in [-0.15, -0.1) is 17.5 Å². The zero-order valence-electron chi connectivity index (χ0n) is 30.1. The molecule has 0 saturated heterocycles. The van der Waals surface area contributed by atoms with Gasteiger partial charge in [0.1, 0.15) is 0 Å². The minimum Gasteiger partial charge on any atom is 0 e. The van der Waals surface area contributed by atoms with Crippen molar-refractivity contribution in [3.8, 4) is 22.5 Å². The number of thiophene rings is 1. The van der Waals surface area contributed by atoms with Crippen LogP contribution < -0.4 is 4.40 Å². The van der Waals surface area contributed by atoms with Crippen molar-refractivity contribution in [2.45, 2.75) is 43.9 Å². The molecule has 0 amide bonds. The molecule has 4 aromatic heterocycles. The second kappa shape index (κ2) is 15.1. The standard InChI is InChI=1S/C30H23N2S.C14H16GeN.Ir/c1-18-7-6-8-23-16-25(30-29(28(18)23)24-9-4-5-10-27(24)33-30)26-17-22(12-14-32-26)20(3)21-11-13-31-19(2)15-21;1-15(2,3)13-9-10-14(16-11-13)12-7-5-4-6-8-12;/h4-15,17,20H,1-3H3;4-7,9-11H,1-3H3;/q2*-1;/i20D;;. The van der Waals surface area contributed by atoms with Gasteiger partial charge in [0.05, 0.1) is 0 Å². The van der Waals surface area contributed by atoms with Gasteiger partial charge in [-0.1, -0.05) is 65.2 Å². The van der Waals surface area contributed by atoms with Crippen LogP contribution in [-0.2, 0) is 20.1 Å². The summed E-state index contributed by atoms with van der Waals surface area (Å²) in [7, 11) is 0. The third kappa shape index (κ3) is 7.38. The smallest absolute Gasteiger partial charge is 0 e. The van der Waals surface area contributed by atoms with Gasteiger partial charge in [0.15, 0.2) is 0 Å². The summed E-state index contributed by atoms with van der Waals surface area (Å²) in [5, 5.41) is 4.89. The molecule has 0 N–H and O–H groups in total. The second-order valence-corrected chi connectivity index (χ2v) is 25.2. The summed E-state index contributed by atoms with van der Waals surface area (Å²) in [4.78, 5) is 13.6. The fraction of sp³-hybridized carbons (Fsp3) is 0.159. The number of nitrogens with zero attached hydrogens (tertiary/aromatic N) is 3. The molecule has 0 spiro atoms. The van der Waals surface area contributed by atoms with E-state index in [4.69, 9.17) is 4.98 Å². The molecule has 0 bridgehead atoms. The molecule has 0 fully saturated rings. The molecule has 0 aliphatic rings. The summed E-state index contributed by atoms with van der Waals surface area (Å²) < 4.78 is 13.1. The van der Waals surface area contributed by atoms with E-state index in [0.717, 1.165) is 44.7 Å². The van der Waals surface area contributed by atoms with E-state index in [0.29, 0.717) is 0 Å². The number of pyridine rings is 3. The molecule has 0 aliphatic heterocycles. The van der Waals surface area contributed by atoms with E-state index in [1.807, 2.05) is 68.7 Å². The third-order valence-electron chi connectivity index (χ3n) is 9.00. The Morgan fingerprint density at radius 3 is 2.24 bits per heavy atom. The summed E-state index contributed by atoms with van der Waals surface area (Å²) in [6.45, 7) is 6.06. The van der Waals surface area contributed by atoms with E-state index in [1.165, 1.54) is 35.5 Å². The fourth-order valence-corrected chi connectivity index (χ4v) is 9.63. The number of fused-ring (bicyclic) bond motifs is 5. The van der Waals surface area contributed by atoms with Crippen LogP contribution in [0.15, 0.2) is 122 Å². The summed E-state index contributed by atoms with van der Waals surface area (Å²) in [6.07, 6.45) is 5.63. The van der Waals surface area contributed by atoms with Crippen molar-refractivity contribution in [1.82, 2.24) is 15.0 Å². The van der Waals surface area contributed by atoms with Crippen molar-refractivity contribution in [2.24, 2.45) is 0 Å². The molecule has 1 atom stereocenters. The number of aromatic nitrogens is 3. The molecule has 8 aromatic rings. The van der Waals surface area contributed by atoms with Gasteiger partial charge in [0.2, 0.25) is 0 Å². The molecule has 3 nitrogen and oxygen atoms in total. The van der Waals surface area contributed by atoms with Crippen LogP contribution in [0.2, 0.25) is 17.3 Å². The monoisotopic (exact) mass is 909 g/mol. The van der Waals surface area contributed by atoms with Crippen LogP contribution in [0.1, 0.15) is 36.6 Å². The molecule has 50 heavy (non-hydrogen) atoms. The maximum atomic E-state index is 9.21. The summed E-state index contributed by atoms with van der Waals surface area (Å²) >= 11 is 0.0761. The number of hydrogen-bond acceptors (Lipinski definition) is 4. The molecule has 4 aromatic carbocycles. The quantitative estimate of drug-likeness (QED) is 0.128. The van der Waals surface area contributed by atoms with Crippen molar-refractivity contribution in [3.05, 3.63) is 156 Å². The van der Waals surface area contributed by atoms with Crippen molar-refractivity contribution in [3.63, 3.8) is 0 Å². The van der Waals surface area contributed by atoms with Crippen LogP contribution in [0.25, 0.3) is 53.5 Å². The number of hydrogen-bond donors (Lipinski definition) is 0. The van der Waals surface area contributed by atoms with E-state index in [-0.39, 0.29) is 20.1 Å². The summed E-state index contributed by atoms with van der Waals surface area (Å²) in [5.41, 5.74) is 7.90. The van der Waals surface area contributed by atoms with Gasteiger partial charge in [0, 0.05) is 55.9 Å². The van der Waals surface area contributed by atoms with E-state index < -0.39 is 19.2 Å². The summed E-state index contributed by atoms with van der Waals surface area (Å²) in [6, 6.07) is 42.1. The summed E-state index contributed by atoms with van der Waals surface area (Å²) in [5.74, 6) is 6.22. The van der Waals surface area contributed by atoms with Crippen molar-refractivity contribution in [2.75, 3.05) is 0 Å². The molecule has 4 heterocycles. The van der Waals surface area contributed by atoms with E-state index in [1.54, 1.807) is 17.5 Å². The van der Waals surface area contributed by atoms with Crippen LogP contribution >= 0.6 is 11.3 Å². The Morgan fingerprint density at radius 2 is 1.52 bits per heavy atom. The van der Waals surface area contributed by atoms with Gasteiger partial charge < -0.3 is 0 Å². The largest absolute Gasteiger partial charge is 0 e. The SMILES string of the molecule is [2H]C(C)(c1ccnc(C)c1)c1ccnc(-c2[c-]c3cccc(C)c3c3c2sc2ccccc23)c1.[CH3][Ge]([CH3])([CH3])[c]1ccc(-c2[c-]cccc2)nc1.[Ir]. The van der Waals surface area contributed by atoms with Gasteiger partial charge in [-0.25, -0.2) is 0 Å². The first-order valence-electron chi connectivity index (χ1n) is 17.1. The first kappa shape index (κ1) is 34.5. The van der Waals surface area contributed by atoms with E-state index in [9.17, 15) is 1.37 Å². The minimum absolute atomic E-state index is 0. The molecule has 251 valence electrons. The van der Waals surface area contributed by atoms with Gasteiger partial charge in [-0.2, -0.15) is 11.3 Å². The molecule has 0 aliphatic carbocycles. The second-order valence-electron chi connectivity index (χ2n) is 13.5. The Labute approximate surface area is 317 Å². The predicted molar refractivity (Wildman–Crippen MR) is 212 cm³/mol. The molecular formula is C44H39GeIrN3S-2. The number of rotatable bonds is 5. The number of benzene rings is 4. The average molecular weight is 908 g/mol. The third-order valence-corrected chi connectivity index (χ3v) is 14.4. The Balaban J connectivity index is 0.000000222. The predicted octanol–water partition coefficient (Wildman–Crippen LogP) is 11.3. The van der Waals surface area contributed by atoms with Crippen molar-refractivity contribution < 1.29 is 21.5 Å². The van der Waals surface area contributed by atoms with Crippen molar-refractivity contribution in [1.29, 1.82) is 0 Å². The Hall–Kier alpha value is -4.00. The maximum Gasteiger partial charge on any atom is 0 e. The topological polar surface area (TPSA) is 38.7 Å². The zero-order valence-corrected chi connectivity index (χ0v) is 34.4. The normalized spacial score (nSPS) is 12.9. The number of aryl methyl sites for hydroxylation is 2. The van der Waals surface area contributed by atoms with Gasteiger partial charge >= 0.3 is 99.8 Å².